The molecule has 32 heavy (non-hydrogen) atoms. The minimum absolute atomic E-state index is 0.00599. The number of nitrogens with zero attached hydrogens (tertiary/aromatic N) is 3. The molecule has 4 rings (SSSR count). The van der Waals surface area contributed by atoms with Crippen LogP contribution in [0.1, 0.15) is 35.0 Å². The minimum Gasteiger partial charge on any atom is -0.352 e. The van der Waals surface area contributed by atoms with E-state index in [1.165, 1.54) is 16.8 Å². The zero-order valence-corrected chi connectivity index (χ0v) is 19.2. The van der Waals surface area contributed by atoms with Crippen molar-refractivity contribution in [1.82, 2.24) is 15.1 Å². The molecule has 8 heteroatoms. The highest BCUT2D eigenvalue weighted by molar-refractivity contribution is 9.10. The van der Waals surface area contributed by atoms with E-state index in [1.807, 2.05) is 55.5 Å². The van der Waals surface area contributed by atoms with E-state index in [9.17, 15) is 14.4 Å². The van der Waals surface area contributed by atoms with Crippen LogP contribution < -0.4 is 15.8 Å². The van der Waals surface area contributed by atoms with Gasteiger partial charge in [0, 0.05) is 35.2 Å². The summed E-state index contributed by atoms with van der Waals surface area (Å²) in [5.74, 6) is -0.448. The second kappa shape index (κ2) is 9.48. The van der Waals surface area contributed by atoms with E-state index >= 15 is 0 Å². The van der Waals surface area contributed by atoms with E-state index in [-0.39, 0.29) is 42.1 Å². The molecule has 2 amide bonds. The first-order valence-electron chi connectivity index (χ1n) is 10.4. The lowest BCUT2D eigenvalue weighted by Crippen LogP contribution is -2.38. The van der Waals surface area contributed by atoms with Crippen LogP contribution in [0.5, 0.6) is 0 Å². The quantitative estimate of drug-likeness (QED) is 0.569. The normalized spacial score (nSPS) is 14.8. The van der Waals surface area contributed by atoms with Crippen LogP contribution in [-0.2, 0) is 24.3 Å². The summed E-state index contributed by atoms with van der Waals surface area (Å²) in [7, 11) is 0. The van der Waals surface area contributed by atoms with Crippen molar-refractivity contribution in [2.24, 2.45) is 0 Å². The Morgan fingerprint density at radius 2 is 1.84 bits per heavy atom. The maximum atomic E-state index is 13.2. The number of rotatable bonds is 6. The van der Waals surface area contributed by atoms with Crippen molar-refractivity contribution in [3.63, 3.8) is 0 Å². The Kier molecular flexibility index (Phi) is 6.50. The van der Waals surface area contributed by atoms with Gasteiger partial charge in [-0.05, 0) is 48.7 Å². The predicted octanol–water partition coefficient (Wildman–Crippen LogP) is 3.30. The molecule has 164 valence electrons. The van der Waals surface area contributed by atoms with Crippen molar-refractivity contribution < 1.29 is 9.59 Å². The van der Waals surface area contributed by atoms with Crippen LogP contribution in [0.3, 0.4) is 0 Å². The number of hydrogen-bond donors (Lipinski definition) is 1. The fourth-order valence-corrected chi connectivity index (χ4v) is 4.08. The molecule has 0 saturated carbocycles. The fraction of sp³-hybridized carbons (Fsp3) is 0.250. The number of halogens is 1. The van der Waals surface area contributed by atoms with Gasteiger partial charge in [-0.3, -0.25) is 14.4 Å². The van der Waals surface area contributed by atoms with E-state index in [0.29, 0.717) is 6.54 Å². The van der Waals surface area contributed by atoms with Crippen LogP contribution in [0.25, 0.3) is 0 Å². The molecule has 0 fully saturated rings. The van der Waals surface area contributed by atoms with Gasteiger partial charge in [-0.25, -0.2) is 4.68 Å². The topological polar surface area (TPSA) is 84.3 Å². The van der Waals surface area contributed by atoms with Crippen LogP contribution in [0.4, 0.5) is 5.69 Å². The SMILES string of the molecule is C[C@H]1Cc2ccccc2N1C(=O)c1ccc(=O)n(CCC(=O)NCc2ccc(Br)cc2)n1. The average Bonchev–Trinajstić information content (AvgIpc) is 3.13. The number of amides is 2. The number of aryl methyl sites for hydroxylation is 1. The lowest BCUT2D eigenvalue weighted by atomic mass is 10.1. The van der Waals surface area contributed by atoms with E-state index in [4.69, 9.17) is 0 Å². The maximum absolute atomic E-state index is 13.2. The van der Waals surface area contributed by atoms with Gasteiger partial charge in [-0.15, -0.1) is 0 Å². The largest absolute Gasteiger partial charge is 0.352 e. The van der Waals surface area contributed by atoms with Crippen LogP contribution in [0.2, 0.25) is 0 Å². The zero-order chi connectivity index (χ0) is 22.7. The molecule has 1 atom stereocenters. The molecule has 0 bridgehead atoms. The lowest BCUT2D eigenvalue weighted by molar-refractivity contribution is -0.121. The second-order valence-electron chi connectivity index (χ2n) is 7.79. The highest BCUT2D eigenvalue weighted by Gasteiger charge is 2.32. The standard InChI is InChI=1S/C24H23BrN4O3/c1-16-14-18-4-2-3-5-21(18)29(16)24(32)20-10-11-23(31)28(27-20)13-12-22(30)26-15-17-6-8-19(25)9-7-17/h2-11,16H,12-15H2,1H3,(H,26,30)/t16-/m0/s1. The van der Waals surface area contributed by atoms with Gasteiger partial charge in [-0.1, -0.05) is 46.3 Å². The van der Waals surface area contributed by atoms with Gasteiger partial charge in [-0.2, -0.15) is 5.10 Å². The average molecular weight is 495 g/mol. The first-order valence-corrected chi connectivity index (χ1v) is 11.2. The highest BCUT2D eigenvalue weighted by Crippen LogP contribution is 2.32. The summed E-state index contributed by atoms with van der Waals surface area (Å²) in [4.78, 5) is 39.4. The number of hydrogen-bond acceptors (Lipinski definition) is 4. The molecule has 0 unspecified atom stereocenters. The molecular formula is C24H23BrN4O3. The van der Waals surface area contributed by atoms with Crippen molar-refractivity contribution in [3.05, 3.63) is 92.3 Å². The molecule has 0 radical (unpaired) electrons. The molecule has 0 spiro atoms. The summed E-state index contributed by atoms with van der Waals surface area (Å²) in [5, 5.41) is 7.09. The molecule has 1 aliphatic heterocycles. The molecule has 2 heterocycles. The predicted molar refractivity (Wildman–Crippen MR) is 126 cm³/mol. The van der Waals surface area contributed by atoms with Crippen molar-refractivity contribution in [3.8, 4) is 0 Å². The fourth-order valence-electron chi connectivity index (χ4n) is 3.82. The first-order chi connectivity index (χ1) is 15.4. The summed E-state index contributed by atoms with van der Waals surface area (Å²) >= 11 is 3.38. The number of benzene rings is 2. The van der Waals surface area contributed by atoms with Crippen molar-refractivity contribution in [1.29, 1.82) is 0 Å². The minimum atomic E-state index is -0.350. The van der Waals surface area contributed by atoms with Crippen LogP contribution in [-0.4, -0.2) is 27.6 Å². The third-order valence-corrected chi connectivity index (χ3v) is 5.99. The molecule has 0 saturated heterocycles. The van der Waals surface area contributed by atoms with Crippen molar-refractivity contribution in [2.45, 2.75) is 38.9 Å². The molecule has 3 aromatic rings. The molecule has 7 nitrogen and oxygen atoms in total. The Labute approximate surface area is 194 Å². The van der Waals surface area contributed by atoms with E-state index in [1.54, 1.807) is 4.90 Å². The highest BCUT2D eigenvalue weighted by atomic mass is 79.9. The van der Waals surface area contributed by atoms with Gasteiger partial charge >= 0.3 is 0 Å². The number of fused-ring (bicyclic) bond motifs is 1. The van der Waals surface area contributed by atoms with Crippen LogP contribution in [0, 0.1) is 0 Å². The number of carbonyl (C=O) groups is 2. The maximum Gasteiger partial charge on any atom is 0.278 e. The molecule has 1 N–H and O–H groups in total. The second-order valence-corrected chi connectivity index (χ2v) is 8.71. The smallest absolute Gasteiger partial charge is 0.278 e. The molecule has 1 aromatic heterocycles. The molecular weight excluding hydrogens is 472 g/mol. The van der Waals surface area contributed by atoms with E-state index in [2.05, 4.69) is 26.3 Å². The van der Waals surface area contributed by atoms with Gasteiger partial charge in [0.1, 0.15) is 5.69 Å². The summed E-state index contributed by atoms with van der Waals surface area (Å²) < 4.78 is 2.15. The van der Waals surface area contributed by atoms with Crippen molar-refractivity contribution >= 4 is 33.4 Å². The van der Waals surface area contributed by atoms with Gasteiger partial charge < -0.3 is 10.2 Å². The Bertz CT molecular complexity index is 1210. The number of carbonyl (C=O) groups excluding carboxylic acids is 2. The Balaban J connectivity index is 1.41. The number of aromatic nitrogens is 2. The first kappa shape index (κ1) is 22.0. The number of para-hydroxylation sites is 1. The summed E-state index contributed by atoms with van der Waals surface area (Å²) in [5.41, 5.74) is 2.80. The van der Waals surface area contributed by atoms with Crippen LogP contribution >= 0.6 is 15.9 Å². The van der Waals surface area contributed by atoms with E-state index in [0.717, 1.165) is 27.7 Å². The summed E-state index contributed by atoms with van der Waals surface area (Å²) in [6.07, 6.45) is 0.865. The number of nitrogens with one attached hydrogen (secondary N) is 1. The van der Waals surface area contributed by atoms with Gasteiger partial charge in [0.25, 0.3) is 11.5 Å². The summed E-state index contributed by atoms with van der Waals surface area (Å²) in [6.45, 7) is 2.49. The number of anilines is 1. The Morgan fingerprint density at radius 1 is 1.09 bits per heavy atom. The Hall–Kier alpha value is -3.26. The monoisotopic (exact) mass is 494 g/mol. The zero-order valence-electron chi connectivity index (χ0n) is 17.6. The van der Waals surface area contributed by atoms with Gasteiger partial charge in [0.2, 0.25) is 5.91 Å². The Morgan fingerprint density at radius 3 is 2.62 bits per heavy atom. The van der Waals surface area contributed by atoms with Crippen LogP contribution in [0.15, 0.2) is 69.9 Å². The third kappa shape index (κ3) is 4.80. The van der Waals surface area contributed by atoms with Crippen molar-refractivity contribution in [2.75, 3.05) is 4.90 Å². The summed E-state index contributed by atoms with van der Waals surface area (Å²) in [6, 6.07) is 18.2. The molecule has 0 aliphatic carbocycles. The molecule has 1 aliphatic rings. The lowest BCUT2D eigenvalue weighted by Gasteiger charge is -2.22. The van der Waals surface area contributed by atoms with E-state index < -0.39 is 0 Å². The molecule has 2 aromatic carbocycles. The third-order valence-electron chi connectivity index (χ3n) is 5.47. The van der Waals surface area contributed by atoms with Gasteiger partial charge in [0.05, 0.1) is 6.54 Å². The van der Waals surface area contributed by atoms with Gasteiger partial charge in [0.15, 0.2) is 0 Å².